The van der Waals surface area contributed by atoms with Gasteiger partial charge in [-0.05, 0) is 42.0 Å². The Bertz CT molecular complexity index is 1340. The smallest absolute Gasteiger partial charge is 0.291 e. The average molecular weight is 402 g/mol. The second-order valence-corrected chi connectivity index (χ2v) is 6.93. The molecule has 0 saturated heterocycles. The monoisotopic (exact) mass is 402 g/mol. The van der Waals surface area contributed by atoms with Crippen LogP contribution in [-0.4, -0.2) is 15.7 Å². The van der Waals surface area contributed by atoms with Crippen LogP contribution in [0.2, 0.25) is 0 Å². The summed E-state index contributed by atoms with van der Waals surface area (Å²) < 4.78 is 11.2. The van der Waals surface area contributed by atoms with E-state index in [1.807, 2.05) is 0 Å². The number of carbonyl (C=O) groups excluding carboxylic acids is 1. The van der Waals surface area contributed by atoms with Crippen molar-refractivity contribution in [1.82, 2.24) is 4.90 Å². The molecule has 0 radical (unpaired) electrons. The number of hydrogen-bond acceptors (Lipinski definition) is 6. The van der Waals surface area contributed by atoms with Crippen LogP contribution in [-0.2, 0) is 6.54 Å². The summed E-state index contributed by atoms with van der Waals surface area (Å²) in [6, 6.07) is 15.2. The average Bonchev–Trinajstić information content (AvgIpc) is 3.36. The fourth-order valence-electron chi connectivity index (χ4n) is 3.83. The summed E-state index contributed by atoms with van der Waals surface area (Å²) in [5.41, 5.74) is 0.745. The Hall–Kier alpha value is -4.20. The van der Waals surface area contributed by atoms with Crippen LogP contribution in [0, 0.1) is 10.1 Å². The number of furan rings is 1. The highest BCUT2D eigenvalue weighted by atomic mass is 16.6. The van der Waals surface area contributed by atoms with Gasteiger partial charge in [-0.3, -0.25) is 19.7 Å². The number of amides is 1. The molecule has 0 spiro atoms. The van der Waals surface area contributed by atoms with E-state index in [9.17, 15) is 19.7 Å². The van der Waals surface area contributed by atoms with Crippen molar-refractivity contribution in [3.63, 3.8) is 0 Å². The number of benzene rings is 2. The predicted octanol–water partition coefficient (Wildman–Crippen LogP) is 4.04. The van der Waals surface area contributed by atoms with E-state index in [1.165, 1.54) is 23.3 Å². The predicted molar refractivity (Wildman–Crippen MR) is 106 cm³/mol. The number of fused-ring (bicyclic) bond motifs is 2. The normalized spacial score (nSPS) is 15.5. The number of hydrogen-bond donors (Lipinski definition) is 0. The molecule has 1 atom stereocenters. The minimum Gasteiger partial charge on any atom is -0.467 e. The van der Waals surface area contributed by atoms with Gasteiger partial charge in [0.1, 0.15) is 11.3 Å². The van der Waals surface area contributed by atoms with Gasteiger partial charge in [-0.1, -0.05) is 12.1 Å². The lowest BCUT2D eigenvalue weighted by atomic mass is 9.98. The molecule has 0 saturated carbocycles. The Morgan fingerprint density at radius 1 is 1.00 bits per heavy atom. The van der Waals surface area contributed by atoms with Crippen LogP contribution < -0.4 is 5.43 Å². The second-order valence-electron chi connectivity index (χ2n) is 6.93. The zero-order chi connectivity index (χ0) is 20.8. The standard InChI is InChI=1S/C22H14N2O6/c25-20-16-5-1-2-6-17(16)30-21-18(20)19(13-7-9-14(10-8-13)24(27)28)23(22(21)26)12-15-4-3-11-29-15/h1-11,19H,12H2/t19-/m0/s1. The summed E-state index contributed by atoms with van der Waals surface area (Å²) >= 11 is 0. The number of nitro groups is 1. The van der Waals surface area contributed by atoms with E-state index >= 15 is 0 Å². The molecule has 3 heterocycles. The fraction of sp³-hybridized carbons (Fsp3) is 0.0909. The highest BCUT2D eigenvalue weighted by Gasteiger charge is 2.43. The van der Waals surface area contributed by atoms with Crippen LogP contribution in [0.4, 0.5) is 5.69 Å². The number of non-ortho nitro benzene ring substituents is 1. The van der Waals surface area contributed by atoms with Gasteiger partial charge in [0.15, 0.2) is 5.43 Å². The molecule has 1 aliphatic rings. The lowest BCUT2D eigenvalue weighted by Crippen LogP contribution is -2.29. The maximum absolute atomic E-state index is 13.3. The maximum atomic E-state index is 13.3. The third-order valence-corrected chi connectivity index (χ3v) is 5.20. The first-order valence-electron chi connectivity index (χ1n) is 9.18. The quantitative estimate of drug-likeness (QED) is 0.377. The van der Waals surface area contributed by atoms with E-state index < -0.39 is 16.9 Å². The Morgan fingerprint density at radius 2 is 1.77 bits per heavy atom. The van der Waals surface area contributed by atoms with E-state index in [2.05, 4.69) is 0 Å². The summed E-state index contributed by atoms with van der Waals surface area (Å²) in [4.78, 5) is 38.5. The number of rotatable bonds is 4. The molecule has 4 aromatic rings. The first kappa shape index (κ1) is 17.9. The Labute approximate surface area is 169 Å². The molecule has 0 N–H and O–H groups in total. The molecule has 0 unspecified atom stereocenters. The molecule has 30 heavy (non-hydrogen) atoms. The van der Waals surface area contributed by atoms with E-state index in [-0.39, 0.29) is 29.0 Å². The van der Waals surface area contributed by atoms with Crippen molar-refractivity contribution in [2.24, 2.45) is 0 Å². The van der Waals surface area contributed by atoms with Crippen molar-refractivity contribution in [3.8, 4) is 0 Å². The van der Waals surface area contributed by atoms with Crippen molar-refractivity contribution < 1.29 is 18.6 Å². The van der Waals surface area contributed by atoms with Crippen LogP contribution >= 0.6 is 0 Å². The van der Waals surface area contributed by atoms with Gasteiger partial charge >= 0.3 is 0 Å². The molecule has 148 valence electrons. The van der Waals surface area contributed by atoms with Crippen LogP contribution in [0.3, 0.4) is 0 Å². The molecule has 0 fully saturated rings. The third-order valence-electron chi connectivity index (χ3n) is 5.20. The topological polar surface area (TPSA) is 107 Å². The van der Waals surface area contributed by atoms with Gasteiger partial charge in [0.2, 0.25) is 5.76 Å². The van der Waals surface area contributed by atoms with Gasteiger partial charge in [0, 0.05) is 12.1 Å². The van der Waals surface area contributed by atoms with Gasteiger partial charge in [-0.25, -0.2) is 0 Å². The molecule has 8 heteroatoms. The van der Waals surface area contributed by atoms with Gasteiger partial charge in [-0.15, -0.1) is 0 Å². The molecule has 1 amide bonds. The molecular formula is C22H14N2O6. The summed E-state index contributed by atoms with van der Waals surface area (Å²) in [6.07, 6.45) is 1.50. The van der Waals surface area contributed by atoms with Crippen molar-refractivity contribution in [1.29, 1.82) is 0 Å². The Kier molecular flexibility index (Phi) is 3.99. The fourth-order valence-corrected chi connectivity index (χ4v) is 3.83. The molecule has 8 nitrogen and oxygen atoms in total. The first-order valence-corrected chi connectivity index (χ1v) is 9.18. The molecule has 0 aliphatic carbocycles. The Balaban J connectivity index is 1.72. The molecule has 0 bridgehead atoms. The lowest BCUT2D eigenvalue weighted by molar-refractivity contribution is -0.384. The van der Waals surface area contributed by atoms with Crippen molar-refractivity contribution in [2.75, 3.05) is 0 Å². The summed E-state index contributed by atoms with van der Waals surface area (Å²) in [6.45, 7) is 0.119. The number of carbonyl (C=O) groups is 1. The van der Waals surface area contributed by atoms with Crippen LogP contribution in [0.1, 0.15) is 33.5 Å². The molecule has 5 rings (SSSR count). The van der Waals surface area contributed by atoms with E-state index in [0.29, 0.717) is 22.3 Å². The summed E-state index contributed by atoms with van der Waals surface area (Å²) in [5, 5.41) is 11.4. The van der Waals surface area contributed by atoms with Gasteiger partial charge in [-0.2, -0.15) is 0 Å². The highest BCUT2D eigenvalue weighted by Crippen LogP contribution is 2.39. The minimum atomic E-state index is -0.751. The molecule has 2 aromatic heterocycles. The number of nitrogens with zero attached hydrogens (tertiary/aromatic N) is 2. The zero-order valence-corrected chi connectivity index (χ0v) is 15.5. The van der Waals surface area contributed by atoms with Crippen molar-refractivity contribution in [3.05, 3.63) is 110 Å². The van der Waals surface area contributed by atoms with Gasteiger partial charge in [0.05, 0.1) is 34.7 Å². The van der Waals surface area contributed by atoms with E-state index in [4.69, 9.17) is 8.83 Å². The third kappa shape index (κ3) is 2.69. The number of nitro benzene ring substituents is 1. The van der Waals surface area contributed by atoms with Gasteiger partial charge < -0.3 is 13.7 Å². The highest BCUT2D eigenvalue weighted by molar-refractivity contribution is 5.99. The minimum absolute atomic E-state index is 0.0198. The lowest BCUT2D eigenvalue weighted by Gasteiger charge is -2.24. The van der Waals surface area contributed by atoms with Crippen LogP contribution in [0.5, 0.6) is 0 Å². The number of para-hydroxylation sites is 1. The Morgan fingerprint density at radius 3 is 2.47 bits per heavy atom. The van der Waals surface area contributed by atoms with E-state index in [1.54, 1.807) is 48.5 Å². The largest absolute Gasteiger partial charge is 0.467 e. The molecule has 2 aromatic carbocycles. The van der Waals surface area contributed by atoms with Crippen LogP contribution in [0.25, 0.3) is 11.0 Å². The summed E-state index contributed by atoms with van der Waals surface area (Å²) in [7, 11) is 0. The van der Waals surface area contributed by atoms with Crippen molar-refractivity contribution >= 4 is 22.6 Å². The second kappa shape index (κ2) is 6.70. The van der Waals surface area contributed by atoms with Gasteiger partial charge in [0.25, 0.3) is 11.6 Å². The molecular weight excluding hydrogens is 388 g/mol. The first-order chi connectivity index (χ1) is 14.5. The SMILES string of the molecule is O=C1c2oc3ccccc3c(=O)c2[C@H](c2ccc([N+](=O)[O-])cc2)N1Cc1ccco1. The summed E-state index contributed by atoms with van der Waals surface area (Å²) in [5.74, 6) is 0.0845. The van der Waals surface area contributed by atoms with E-state index in [0.717, 1.165) is 0 Å². The van der Waals surface area contributed by atoms with Crippen LogP contribution in [0.15, 0.2) is 80.6 Å². The molecule has 1 aliphatic heterocycles. The van der Waals surface area contributed by atoms with Crippen molar-refractivity contribution in [2.45, 2.75) is 12.6 Å². The maximum Gasteiger partial charge on any atom is 0.291 e. The zero-order valence-electron chi connectivity index (χ0n) is 15.5.